The van der Waals surface area contributed by atoms with E-state index in [4.69, 9.17) is 0 Å². The van der Waals surface area contributed by atoms with E-state index in [1.165, 1.54) is 27.8 Å². The molecule has 0 aromatic heterocycles. The molecular formula is C22H20OS2. The molecule has 0 heterocycles. The molecule has 3 aromatic carbocycles. The van der Waals surface area contributed by atoms with Gasteiger partial charge in [-0.1, -0.05) is 61.5 Å². The fraction of sp³-hybridized carbons (Fsp3) is 0.136. The Hall–Kier alpha value is -1.97. The van der Waals surface area contributed by atoms with Crippen LogP contribution in [0.4, 0.5) is 0 Å². The summed E-state index contributed by atoms with van der Waals surface area (Å²) in [5.74, 6) is 0.958. The molecule has 0 N–H and O–H groups in total. The van der Waals surface area contributed by atoms with Crippen molar-refractivity contribution in [1.82, 2.24) is 0 Å². The van der Waals surface area contributed by atoms with Crippen molar-refractivity contribution in [1.29, 1.82) is 0 Å². The molecule has 0 fully saturated rings. The zero-order valence-corrected chi connectivity index (χ0v) is 15.8. The van der Waals surface area contributed by atoms with Crippen LogP contribution in [0.25, 0.3) is 0 Å². The second kappa shape index (κ2) is 8.93. The Morgan fingerprint density at radius 1 is 0.760 bits per heavy atom. The van der Waals surface area contributed by atoms with Crippen molar-refractivity contribution in [3.63, 3.8) is 0 Å². The maximum absolute atomic E-state index is 12.2. The van der Waals surface area contributed by atoms with Crippen molar-refractivity contribution in [3.05, 3.63) is 95.6 Å². The van der Waals surface area contributed by atoms with E-state index < -0.39 is 0 Å². The van der Waals surface area contributed by atoms with Gasteiger partial charge in [-0.15, -0.1) is 11.8 Å². The van der Waals surface area contributed by atoms with Gasteiger partial charge in [0.25, 0.3) is 0 Å². The highest BCUT2D eigenvalue weighted by Gasteiger charge is 2.07. The fourth-order valence-corrected chi connectivity index (χ4v) is 3.98. The summed E-state index contributed by atoms with van der Waals surface area (Å²) in [5, 5.41) is 0.0806. The van der Waals surface area contributed by atoms with Crippen LogP contribution < -0.4 is 0 Å². The van der Waals surface area contributed by atoms with Gasteiger partial charge in [0, 0.05) is 21.1 Å². The molecule has 25 heavy (non-hydrogen) atoms. The average Bonchev–Trinajstić information content (AvgIpc) is 2.68. The molecule has 0 aliphatic rings. The van der Waals surface area contributed by atoms with Gasteiger partial charge in [-0.3, -0.25) is 4.79 Å². The minimum atomic E-state index is 0.0806. The number of carbonyl (C=O) groups is 1. The molecule has 0 spiro atoms. The molecule has 0 aliphatic carbocycles. The molecule has 0 bridgehead atoms. The lowest BCUT2D eigenvalue weighted by atomic mass is 10.1. The summed E-state index contributed by atoms with van der Waals surface area (Å²) in [5.41, 5.74) is 3.44. The summed E-state index contributed by atoms with van der Waals surface area (Å²) in [6.07, 6.45) is 1.08. The van der Waals surface area contributed by atoms with Gasteiger partial charge in [0.15, 0.2) is 0 Å². The second-order valence-electron chi connectivity index (χ2n) is 5.69. The zero-order valence-electron chi connectivity index (χ0n) is 14.1. The van der Waals surface area contributed by atoms with Crippen LogP contribution in [0.5, 0.6) is 0 Å². The largest absolute Gasteiger partial charge is 0.281 e. The van der Waals surface area contributed by atoms with E-state index in [-0.39, 0.29) is 5.12 Å². The van der Waals surface area contributed by atoms with Gasteiger partial charge in [-0.2, -0.15) is 0 Å². The maximum atomic E-state index is 12.2. The van der Waals surface area contributed by atoms with E-state index >= 15 is 0 Å². The van der Waals surface area contributed by atoms with Crippen molar-refractivity contribution in [2.75, 3.05) is 0 Å². The van der Waals surface area contributed by atoms with Gasteiger partial charge in [0.05, 0.1) is 0 Å². The molecule has 1 nitrogen and oxygen atoms in total. The lowest BCUT2D eigenvalue weighted by molar-refractivity contribution is 0.108. The maximum Gasteiger partial charge on any atom is 0.224 e. The molecule has 0 atom stereocenters. The van der Waals surface area contributed by atoms with Crippen molar-refractivity contribution >= 4 is 28.6 Å². The summed E-state index contributed by atoms with van der Waals surface area (Å²) < 4.78 is 0. The van der Waals surface area contributed by atoms with E-state index in [1.54, 1.807) is 0 Å². The Morgan fingerprint density at radius 2 is 1.36 bits per heavy atom. The SMILES string of the molecule is CCc1ccc(CSc2ccc(SC(=O)c3ccccc3)cc2)cc1. The molecule has 0 aliphatic heterocycles. The third-order valence-corrected chi connectivity index (χ3v) is 5.89. The van der Waals surface area contributed by atoms with Crippen LogP contribution in [0.2, 0.25) is 0 Å². The predicted octanol–water partition coefficient (Wildman–Crippen LogP) is 6.47. The summed E-state index contributed by atoms with van der Waals surface area (Å²) in [6.45, 7) is 2.17. The van der Waals surface area contributed by atoms with E-state index in [0.717, 1.165) is 22.6 Å². The number of hydrogen-bond donors (Lipinski definition) is 0. The normalized spacial score (nSPS) is 10.6. The van der Waals surface area contributed by atoms with Crippen molar-refractivity contribution in [3.8, 4) is 0 Å². The summed E-state index contributed by atoms with van der Waals surface area (Å²) >= 11 is 3.09. The first-order chi connectivity index (χ1) is 12.2. The Labute approximate surface area is 157 Å². The van der Waals surface area contributed by atoms with Gasteiger partial charge in [0.2, 0.25) is 5.12 Å². The van der Waals surface area contributed by atoms with Crippen molar-refractivity contribution in [2.24, 2.45) is 0 Å². The van der Waals surface area contributed by atoms with Crippen molar-refractivity contribution in [2.45, 2.75) is 28.9 Å². The van der Waals surface area contributed by atoms with E-state index in [9.17, 15) is 4.79 Å². The first kappa shape index (κ1) is 17.8. The molecule has 126 valence electrons. The van der Waals surface area contributed by atoms with Gasteiger partial charge in [-0.25, -0.2) is 0 Å². The predicted molar refractivity (Wildman–Crippen MR) is 108 cm³/mol. The molecule has 0 saturated carbocycles. The first-order valence-electron chi connectivity index (χ1n) is 8.32. The highest BCUT2D eigenvalue weighted by Crippen LogP contribution is 2.28. The molecule has 3 rings (SSSR count). The monoisotopic (exact) mass is 364 g/mol. The number of rotatable bonds is 6. The van der Waals surface area contributed by atoms with Gasteiger partial charge in [-0.05, 0) is 53.6 Å². The minimum absolute atomic E-state index is 0.0806. The smallest absolute Gasteiger partial charge is 0.224 e. The molecule has 0 saturated heterocycles. The molecule has 0 amide bonds. The molecule has 3 aromatic rings. The summed E-state index contributed by atoms with van der Waals surface area (Å²) in [6, 6.07) is 26.4. The van der Waals surface area contributed by atoms with Gasteiger partial charge in [0.1, 0.15) is 0 Å². The van der Waals surface area contributed by atoms with Crippen LogP contribution in [0.3, 0.4) is 0 Å². The molecule has 0 unspecified atom stereocenters. The minimum Gasteiger partial charge on any atom is -0.281 e. The highest BCUT2D eigenvalue weighted by atomic mass is 32.2. The Morgan fingerprint density at radius 3 is 2.00 bits per heavy atom. The highest BCUT2D eigenvalue weighted by molar-refractivity contribution is 8.14. The summed E-state index contributed by atoms with van der Waals surface area (Å²) in [7, 11) is 0. The third-order valence-electron chi connectivity index (χ3n) is 3.88. The lowest BCUT2D eigenvalue weighted by Crippen LogP contribution is -1.91. The third kappa shape index (κ3) is 5.25. The van der Waals surface area contributed by atoms with Gasteiger partial charge >= 0.3 is 0 Å². The quantitative estimate of drug-likeness (QED) is 0.466. The number of carbonyl (C=O) groups excluding carboxylic acids is 1. The number of aryl methyl sites for hydroxylation is 1. The Kier molecular flexibility index (Phi) is 6.37. The first-order valence-corrected chi connectivity index (χ1v) is 10.1. The standard InChI is InChI=1S/C22H20OS2/c1-2-17-8-10-18(11-9-17)16-24-20-12-14-21(15-13-20)25-22(23)19-6-4-3-5-7-19/h3-15H,2,16H2,1H3. The fourth-order valence-electron chi connectivity index (χ4n) is 2.38. The Balaban J connectivity index is 1.55. The molecule has 3 heteroatoms. The van der Waals surface area contributed by atoms with Crippen LogP contribution >= 0.6 is 23.5 Å². The van der Waals surface area contributed by atoms with Crippen LogP contribution in [-0.4, -0.2) is 5.12 Å². The second-order valence-corrected chi connectivity index (χ2v) is 7.78. The molecular weight excluding hydrogens is 344 g/mol. The number of thioether (sulfide) groups is 2. The van der Waals surface area contributed by atoms with E-state index in [0.29, 0.717) is 0 Å². The van der Waals surface area contributed by atoms with Crippen LogP contribution in [0.1, 0.15) is 28.4 Å². The Bertz CT molecular complexity index is 809. The number of hydrogen-bond acceptors (Lipinski definition) is 3. The average molecular weight is 365 g/mol. The topological polar surface area (TPSA) is 17.1 Å². The number of benzene rings is 3. The van der Waals surface area contributed by atoms with Gasteiger partial charge < -0.3 is 0 Å². The van der Waals surface area contributed by atoms with Crippen LogP contribution in [-0.2, 0) is 12.2 Å². The van der Waals surface area contributed by atoms with Crippen LogP contribution in [0, 0.1) is 0 Å². The van der Waals surface area contributed by atoms with E-state index in [1.807, 2.05) is 54.2 Å². The zero-order chi connectivity index (χ0) is 17.5. The lowest BCUT2D eigenvalue weighted by Gasteiger charge is -2.05. The van der Waals surface area contributed by atoms with Crippen LogP contribution in [0.15, 0.2) is 88.7 Å². The summed E-state index contributed by atoms with van der Waals surface area (Å²) in [4.78, 5) is 14.4. The van der Waals surface area contributed by atoms with Crippen molar-refractivity contribution < 1.29 is 4.79 Å². The molecule has 0 radical (unpaired) electrons. The van der Waals surface area contributed by atoms with E-state index in [2.05, 4.69) is 43.3 Å².